The van der Waals surface area contributed by atoms with Crippen LogP contribution in [-0.2, 0) is 32.1 Å². The van der Waals surface area contributed by atoms with Crippen LogP contribution >= 0.6 is 0 Å². The smallest absolute Gasteiger partial charge is 0.413 e. The fraction of sp³-hybridized carbons (Fsp3) is 0.571. The van der Waals surface area contributed by atoms with Gasteiger partial charge >= 0.3 is 13.3 Å². The Labute approximate surface area is 220 Å². The largest absolute Gasteiger partial charge is 0.495 e. The SMILES string of the molecule is CC(O)(c1cccc(C(F)(F)F)c1)c1ccc(B2OC(C)(C)C(C)(C)O2)c(CO[Si](C)(C)C(C)(C)C)c1. The third kappa shape index (κ3) is 6.01. The van der Waals surface area contributed by atoms with Crippen LogP contribution in [0.15, 0.2) is 42.5 Å². The van der Waals surface area contributed by atoms with Crippen molar-refractivity contribution < 1.29 is 32.0 Å². The van der Waals surface area contributed by atoms with E-state index in [4.69, 9.17) is 13.7 Å². The Morgan fingerprint density at radius 1 is 0.865 bits per heavy atom. The van der Waals surface area contributed by atoms with E-state index in [9.17, 15) is 18.3 Å². The van der Waals surface area contributed by atoms with E-state index in [1.165, 1.54) is 19.1 Å². The summed E-state index contributed by atoms with van der Waals surface area (Å²) in [6.45, 7) is 20.5. The van der Waals surface area contributed by atoms with Crippen LogP contribution in [0.5, 0.6) is 0 Å². The number of rotatable bonds is 6. The molecule has 2 aromatic rings. The van der Waals surface area contributed by atoms with Gasteiger partial charge in [0.1, 0.15) is 5.60 Å². The molecule has 1 saturated heterocycles. The van der Waals surface area contributed by atoms with Crippen molar-refractivity contribution in [2.75, 3.05) is 0 Å². The van der Waals surface area contributed by atoms with E-state index in [0.717, 1.165) is 23.2 Å². The molecule has 0 aromatic heterocycles. The van der Waals surface area contributed by atoms with E-state index in [0.29, 0.717) is 5.56 Å². The second-order valence-electron chi connectivity index (χ2n) is 12.7. The topological polar surface area (TPSA) is 47.9 Å². The summed E-state index contributed by atoms with van der Waals surface area (Å²) in [6, 6.07) is 10.2. The maximum Gasteiger partial charge on any atom is 0.495 e. The van der Waals surface area contributed by atoms with Crippen molar-refractivity contribution in [1.29, 1.82) is 0 Å². The first-order valence-corrected chi connectivity index (χ1v) is 15.5. The van der Waals surface area contributed by atoms with E-state index in [1.807, 2.05) is 33.8 Å². The van der Waals surface area contributed by atoms with Gasteiger partial charge in [-0.2, -0.15) is 13.2 Å². The van der Waals surface area contributed by atoms with Gasteiger partial charge in [0.15, 0.2) is 8.32 Å². The molecule has 1 N–H and O–H groups in total. The molecular formula is C28H40BF3O4Si. The third-order valence-electron chi connectivity index (χ3n) is 8.36. The van der Waals surface area contributed by atoms with Gasteiger partial charge in [0.05, 0.1) is 23.4 Å². The van der Waals surface area contributed by atoms with Crippen LogP contribution in [-0.4, -0.2) is 31.7 Å². The maximum absolute atomic E-state index is 13.4. The zero-order chi connectivity index (χ0) is 28.2. The highest BCUT2D eigenvalue weighted by atomic mass is 28.4. The number of hydrogen-bond acceptors (Lipinski definition) is 4. The highest BCUT2D eigenvalue weighted by molar-refractivity contribution is 6.74. The molecule has 1 aliphatic rings. The molecule has 4 nitrogen and oxygen atoms in total. The number of aliphatic hydroxyl groups is 1. The molecule has 1 aliphatic heterocycles. The Morgan fingerprint density at radius 3 is 1.89 bits per heavy atom. The van der Waals surface area contributed by atoms with E-state index >= 15 is 0 Å². The predicted molar refractivity (Wildman–Crippen MR) is 144 cm³/mol. The number of alkyl halides is 3. The van der Waals surface area contributed by atoms with Gasteiger partial charge in [-0.05, 0) is 87.0 Å². The second kappa shape index (κ2) is 9.52. The van der Waals surface area contributed by atoms with Crippen LogP contribution in [0.1, 0.15) is 77.6 Å². The lowest BCUT2D eigenvalue weighted by molar-refractivity contribution is -0.137. The van der Waals surface area contributed by atoms with Crippen LogP contribution in [0.25, 0.3) is 0 Å². The predicted octanol–water partition coefficient (Wildman–Crippen LogP) is 6.78. The minimum absolute atomic E-state index is 0.0152. The average Bonchev–Trinajstić information content (AvgIpc) is 2.97. The first-order valence-electron chi connectivity index (χ1n) is 12.6. The van der Waals surface area contributed by atoms with Crippen molar-refractivity contribution in [3.8, 4) is 0 Å². The van der Waals surface area contributed by atoms with Gasteiger partial charge in [0.25, 0.3) is 0 Å². The maximum atomic E-state index is 13.4. The van der Waals surface area contributed by atoms with E-state index in [-0.39, 0.29) is 17.2 Å². The Bertz CT molecular complexity index is 1120. The van der Waals surface area contributed by atoms with Crippen molar-refractivity contribution in [3.63, 3.8) is 0 Å². The van der Waals surface area contributed by atoms with Gasteiger partial charge in [-0.25, -0.2) is 0 Å². The monoisotopic (exact) mass is 536 g/mol. The lowest BCUT2D eigenvalue weighted by Crippen LogP contribution is -2.42. The van der Waals surface area contributed by atoms with Crippen molar-refractivity contribution in [1.82, 2.24) is 0 Å². The van der Waals surface area contributed by atoms with Crippen molar-refractivity contribution in [3.05, 3.63) is 64.7 Å². The Morgan fingerprint density at radius 2 is 1.38 bits per heavy atom. The number of halogens is 3. The summed E-state index contributed by atoms with van der Waals surface area (Å²) in [6.07, 6.45) is -4.51. The van der Waals surface area contributed by atoms with Gasteiger partial charge in [-0.3, -0.25) is 0 Å². The highest BCUT2D eigenvalue weighted by Gasteiger charge is 2.52. The van der Waals surface area contributed by atoms with Gasteiger partial charge < -0.3 is 18.8 Å². The molecule has 37 heavy (non-hydrogen) atoms. The Balaban J connectivity index is 2.07. The normalized spacial score (nSPS) is 19.7. The summed E-state index contributed by atoms with van der Waals surface area (Å²) < 4.78 is 59.2. The fourth-order valence-corrected chi connectivity index (χ4v) is 4.82. The van der Waals surface area contributed by atoms with Crippen molar-refractivity contribution in [2.45, 2.75) is 103 Å². The summed E-state index contributed by atoms with van der Waals surface area (Å²) in [5, 5.41) is 11.5. The molecule has 0 bridgehead atoms. The van der Waals surface area contributed by atoms with Crippen LogP contribution in [0.3, 0.4) is 0 Å². The molecule has 9 heteroatoms. The molecule has 0 radical (unpaired) electrons. The van der Waals surface area contributed by atoms with Gasteiger partial charge in [-0.15, -0.1) is 0 Å². The van der Waals surface area contributed by atoms with Crippen molar-refractivity contribution >= 4 is 20.9 Å². The molecule has 204 valence electrons. The summed E-state index contributed by atoms with van der Waals surface area (Å²) in [4.78, 5) is 0. The Kier molecular flexibility index (Phi) is 7.69. The van der Waals surface area contributed by atoms with E-state index in [1.54, 1.807) is 12.1 Å². The molecule has 0 spiro atoms. The molecule has 3 rings (SSSR count). The van der Waals surface area contributed by atoms with Gasteiger partial charge in [0, 0.05) is 0 Å². The molecule has 0 aliphatic carbocycles. The molecule has 0 saturated carbocycles. The summed E-state index contributed by atoms with van der Waals surface area (Å²) in [5.41, 5.74) is -1.39. The number of hydrogen-bond donors (Lipinski definition) is 1. The fourth-order valence-electron chi connectivity index (χ4n) is 3.87. The van der Waals surface area contributed by atoms with E-state index in [2.05, 4.69) is 33.9 Å². The quantitative estimate of drug-likeness (QED) is 0.414. The molecule has 2 aromatic carbocycles. The second-order valence-corrected chi connectivity index (χ2v) is 17.5. The minimum atomic E-state index is -4.51. The van der Waals surface area contributed by atoms with Crippen LogP contribution in [0.2, 0.25) is 18.1 Å². The van der Waals surface area contributed by atoms with Crippen molar-refractivity contribution in [2.24, 2.45) is 0 Å². The first-order chi connectivity index (χ1) is 16.6. The minimum Gasteiger partial charge on any atom is -0.413 e. The molecule has 1 unspecified atom stereocenters. The standard InChI is InChI=1S/C28H40BF3O4Si/c1-24(2,3)37(9,10)34-18-19-16-21(14-15-23(19)29-35-25(4,5)26(6,7)36-29)27(8,33)20-12-11-13-22(17-20)28(30,31)32/h11-17,33H,18H2,1-10H3. The van der Waals surface area contributed by atoms with Crippen LogP contribution < -0.4 is 5.46 Å². The van der Waals surface area contributed by atoms with Gasteiger partial charge in [-0.1, -0.05) is 51.1 Å². The van der Waals surface area contributed by atoms with Crippen LogP contribution in [0, 0.1) is 0 Å². The zero-order valence-electron chi connectivity index (χ0n) is 23.6. The highest BCUT2D eigenvalue weighted by Crippen LogP contribution is 2.40. The molecular weight excluding hydrogens is 496 g/mol. The summed E-state index contributed by atoms with van der Waals surface area (Å²) in [7, 11) is -2.77. The van der Waals surface area contributed by atoms with Gasteiger partial charge in [0.2, 0.25) is 0 Å². The number of benzene rings is 2. The van der Waals surface area contributed by atoms with E-state index < -0.39 is 44.0 Å². The average molecular weight is 537 g/mol. The first kappa shape index (κ1) is 29.9. The third-order valence-corrected chi connectivity index (χ3v) is 12.8. The Hall–Kier alpha value is -1.65. The lowest BCUT2D eigenvalue weighted by atomic mass is 9.74. The van der Waals surface area contributed by atoms with Crippen LogP contribution in [0.4, 0.5) is 13.2 Å². The lowest BCUT2D eigenvalue weighted by Gasteiger charge is -2.36. The summed E-state index contributed by atoms with van der Waals surface area (Å²) in [5.74, 6) is 0. The molecule has 1 atom stereocenters. The zero-order valence-corrected chi connectivity index (χ0v) is 24.6. The molecule has 1 fully saturated rings. The summed E-state index contributed by atoms with van der Waals surface area (Å²) >= 11 is 0. The molecule has 0 amide bonds. The molecule has 1 heterocycles.